The van der Waals surface area contributed by atoms with E-state index in [0.29, 0.717) is 25.6 Å². The maximum absolute atomic E-state index is 13.8. The van der Waals surface area contributed by atoms with Gasteiger partial charge in [-0.05, 0) is 39.4 Å². The van der Waals surface area contributed by atoms with Gasteiger partial charge in [-0.1, -0.05) is 0 Å². The van der Waals surface area contributed by atoms with Crippen LogP contribution in [0.1, 0.15) is 25.2 Å². The highest BCUT2D eigenvalue weighted by atomic mass is 19.1. The first-order valence-electron chi connectivity index (χ1n) is 8.50. The van der Waals surface area contributed by atoms with E-state index >= 15 is 0 Å². The Labute approximate surface area is 147 Å². The van der Waals surface area contributed by atoms with Crippen molar-refractivity contribution in [2.24, 2.45) is 5.92 Å². The van der Waals surface area contributed by atoms with Crippen molar-refractivity contribution in [3.8, 4) is 0 Å². The van der Waals surface area contributed by atoms with Gasteiger partial charge in [-0.25, -0.2) is 9.37 Å². The van der Waals surface area contributed by atoms with Crippen molar-refractivity contribution in [1.82, 2.24) is 19.6 Å². The number of carbonyl (C=O) groups excluding carboxylic acids is 1. The molecular formula is C18H25FN4O2. The zero-order valence-electron chi connectivity index (χ0n) is 15.2. The maximum Gasteiger partial charge on any atom is 0.227 e. The largest absolute Gasteiger partial charge is 0.379 e. The first-order valence-corrected chi connectivity index (χ1v) is 8.50. The summed E-state index contributed by atoms with van der Waals surface area (Å²) in [6.07, 6.45) is 3.11. The number of nitrogens with one attached hydrogen (secondary N) is 1. The van der Waals surface area contributed by atoms with Gasteiger partial charge in [0, 0.05) is 19.3 Å². The predicted molar refractivity (Wildman–Crippen MR) is 92.9 cm³/mol. The number of nitrogens with zero attached hydrogens (tertiary/aromatic N) is 3. The average molecular weight is 348 g/mol. The van der Waals surface area contributed by atoms with E-state index in [1.165, 1.54) is 12.3 Å². The number of halogens is 1. The molecule has 2 aromatic heterocycles. The van der Waals surface area contributed by atoms with Gasteiger partial charge < -0.3 is 15.0 Å². The molecule has 1 N–H and O–H groups in total. The summed E-state index contributed by atoms with van der Waals surface area (Å²) in [5.41, 5.74) is 0.894. The zero-order chi connectivity index (χ0) is 18.2. The minimum absolute atomic E-state index is 0.0800. The Balaban J connectivity index is 1.85. The SMILES string of the molecule is Cc1cc(F)cn2c(C(C)(C)NC(=O)C3COCCN(C)C3)ncc12. The molecule has 1 amide bonds. The van der Waals surface area contributed by atoms with Crippen LogP contribution in [0.2, 0.25) is 0 Å². The second-order valence-corrected chi connectivity index (χ2v) is 7.33. The number of rotatable bonds is 3. The Bertz CT molecular complexity index is 787. The molecular weight excluding hydrogens is 323 g/mol. The number of likely N-dealkylation sites (N-methyl/N-ethyl adjacent to an activating group) is 1. The molecule has 0 saturated carbocycles. The van der Waals surface area contributed by atoms with Crippen LogP contribution in [0.15, 0.2) is 18.5 Å². The lowest BCUT2D eigenvalue weighted by atomic mass is 10.0. The van der Waals surface area contributed by atoms with Crippen LogP contribution in [0.4, 0.5) is 4.39 Å². The molecule has 7 heteroatoms. The van der Waals surface area contributed by atoms with Crippen molar-refractivity contribution in [2.45, 2.75) is 26.3 Å². The van der Waals surface area contributed by atoms with Gasteiger partial charge in [0.2, 0.25) is 5.91 Å². The molecule has 25 heavy (non-hydrogen) atoms. The number of pyridine rings is 1. The second kappa shape index (κ2) is 6.72. The Hall–Kier alpha value is -1.99. The number of amides is 1. The summed E-state index contributed by atoms with van der Waals surface area (Å²) in [5, 5.41) is 3.06. The molecule has 1 saturated heterocycles. The van der Waals surface area contributed by atoms with Crippen LogP contribution in [0, 0.1) is 18.7 Å². The Kier molecular flexibility index (Phi) is 4.79. The number of carbonyl (C=O) groups is 1. The number of fused-ring (bicyclic) bond motifs is 1. The first kappa shape index (κ1) is 17.8. The molecule has 1 aliphatic heterocycles. The summed E-state index contributed by atoms with van der Waals surface area (Å²) >= 11 is 0. The lowest BCUT2D eigenvalue weighted by Crippen LogP contribution is -2.47. The minimum atomic E-state index is -0.741. The van der Waals surface area contributed by atoms with E-state index in [9.17, 15) is 9.18 Å². The highest BCUT2D eigenvalue weighted by Gasteiger charge is 2.32. The molecule has 1 atom stereocenters. The summed E-state index contributed by atoms with van der Waals surface area (Å²) < 4.78 is 21.1. The van der Waals surface area contributed by atoms with E-state index in [4.69, 9.17) is 4.74 Å². The van der Waals surface area contributed by atoms with Gasteiger partial charge in [0.25, 0.3) is 0 Å². The van der Waals surface area contributed by atoms with Crippen molar-refractivity contribution in [2.75, 3.05) is 33.4 Å². The lowest BCUT2D eigenvalue weighted by Gasteiger charge is -2.28. The molecule has 0 radical (unpaired) electrons. The van der Waals surface area contributed by atoms with Gasteiger partial charge in [0.1, 0.15) is 11.6 Å². The summed E-state index contributed by atoms with van der Waals surface area (Å²) in [6.45, 7) is 8.10. The van der Waals surface area contributed by atoms with Crippen molar-refractivity contribution in [1.29, 1.82) is 0 Å². The van der Waals surface area contributed by atoms with Crippen molar-refractivity contribution in [3.05, 3.63) is 35.7 Å². The normalized spacial score (nSPS) is 19.8. The molecule has 3 heterocycles. The molecule has 0 aliphatic carbocycles. The molecule has 1 fully saturated rings. The van der Waals surface area contributed by atoms with Gasteiger partial charge in [0.05, 0.1) is 36.4 Å². The lowest BCUT2D eigenvalue weighted by molar-refractivity contribution is -0.128. The molecule has 0 bridgehead atoms. The van der Waals surface area contributed by atoms with E-state index in [1.54, 1.807) is 10.6 Å². The molecule has 6 nitrogen and oxygen atoms in total. The fourth-order valence-corrected chi connectivity index (χ4v) is 3.28. The van der Waals surface area contributed by atoms with Crippen LogP contribution < -0.4 is 5.32 Å². The van der Waals surface area contributed by atoms with Crippen LogP contribution in [0.25, 0.3) is 5.52 Å². The summed E-state index contributed by atoms with van der Waals surface area (Å²) in [5.74, 6) is -0.0494. The maximum atomic E-state index is 13.8. The predicted octanol–water partition coefficient (Wildman–Crippen LogP) is 1.71. The second-order valence-electron chi connectivity index (χ2n) is 7.33. The number of imidazole rings is 1. The van der Waals surface area contributed by atoms with E-state index < -0.39 is 5.54 Å². The third kappa shape index (κ3) is 3.67. The summed E-state index contributed by atoms with van der Waals surface area (Å²) in [6, 6.07) is 1.48. The van der Waals surface area contributed by atoms with E-state index in [-0.39, 0.29) is 17.6 Å². The third-order valence-electron chi connectivity index (χ3n) is 4.64. The Morgan fingerprint density at radius 2 is 2.24 bits per heavy atom. The smallest absolute Gasteiger partial charge is 0.227 e. The van der Waals surface area contributed by atoms with Crippen molar-refractivity contribution < 1.29 is 13.9 Å². The molecule has 0 aromatic carbocycles. The van der Waals surface area contributed by atoms with E-state index in [1.807, 2.05) is 27.8 Å². The summed E-state index contributed by atoms with van der Waals surface area (Å²) in [4.78, 5) is 19.3. The number of ether oxygens (including phenoxy) is 1. The number of hydrogen-bond acceptors (Lipinski definition) is 4. The molecule has 1 unspecified atom stereocenters. The van der Waals surface area contributed by atoms with Crippen molar-refractivity contribution in [3.63, 3.8) is 0 Å². The highest BCUT2D eigenvalue weighted by molar-refractivity contribution is 5.80. The van der Waals surface area contributed by atoms with Gasteiger partial charge in [-0.2, -0.15) is 0 Å². The third-order valence-corrected chi connectivity index (χ3v) is 4.64. The Morgan fingerprint density at radius 3 is 3.00 bits per heavy atom. The van der Waals surface area contributed by atoms with Crippen molar-refractivity contribution >= 4 is 11.4 Å². The van der Waals surface area contributed by atoms with E-state index in [2.05, 4.69) is 15.2 Å². The first-order chi connectivity index (χ1) is 11.8. The number of hydrogen-bond donors (Lipinski definition) is 1. The quantitative estimate of drug-likeness (QED) is 0.917. The zero-order valence-corrected chi connectivity index (χ0v) is 15.2. The van der Waals surface area contributed by atoms with Gasteiger partial charge in [0.15, 0.2) is 0 Å². The van der Waals surface area contributed by atoms with Crippen LogP contribution in [-0.2, 0) is 15.1 Å². The molecule has 3 rings (SSSR count). The number of aromatic nitrogens is 2. The summed E-state index contributed by atoms with van der Waals surface area (Å²) in [7, 11) is 1.98. The number of aryl methyl sites for hydroxylation is 1. The van der Waals surface area contributed by atoms with Crippen LogP contribution in [0.5, 0.6) is 0 Å². The van der Waals surface area contributed by atoms with Gasteiger partial charge >= 0.3 is 0 Å². The average Bonchev–Trinajstić information content (AvgIpc) is 2.82. The van der Waals surface area contributed by atoms with Gasteiger partial charge in [-0.15, -0.1) is 0 Å². The van der Waals surface area contributed by atoms with Crippen LogP contribution in [0.3, 0.4) is 0 Å². The van der Waals surface area contributed by atoms with Gasteiger partial charge in [-0.3, -0.25) is 9.20 Å². The van der Waals surface area contributed by atoms with Crippen LogP contribution >= 0.6 is 0 Å². The standard InChI is InChI=1S/C18H25FN4O2/c1-12-7-14(19)10-23-15(12)8-20-17(23)18(2,3)21-16(24)13-9-22(4)5-6-25-11-13/h7-8,10,13H,5-6,9,11H2,1-4H3,(H,21,24). The fourth-order valence-electron chi connectivity index (χ4n) is 3.28. The van der Waals surface area contributed by atoms with E-state index in [0.717, 1.165) is 17.6 Å². The molecule has 0 spiro atoms. The molecule has 2 aromatic rings. The highest BCUT2D eigenvalue weighted by Crippen LogP contribution is 2.23. The monoisotopic (exact) mass is 348 g/mol. The topological polar surface area (TPSA) is 58.9 Å². The Morgan fingerprint density at radius 1 is 1.48 bits per heavy atom. The molecule has 136 valence electrons. The fraction of sp³-hybridized carbons (Fsp3) is 0.556. The van der Waals surface area contributed by atoms with Crippen LogP contribution in [-0.4, -0.2) is 53.5 Å². The minimum Gasteiger partial charge on any atom is -0.379 e. The molecule has 1 aliphatic rings.